The second-order valence-electron chi connectivity index (χ2n) is 4.57. The minimum Gasteiger partial charge on any atom is -0.467 e. The second-order valence-corrected chi connectivity index (χ2v) is 4.57. The van der Waals surface area contributed by atoms with Crippen LogP contribution in [0.25, 0.3) is 0 Å². The number of hydrogen-bond donors (Lipinski definition) is 0. The molecule has 0 N–H and O–H groups in total. The van der Waals surface area contributed by atoms with E-state index >= 15 is 0 Å². The van der Waals surface area contributed by atoms with Crippen molar-refractivity contribution in [1.82, 2.24) is 0 Å². The second kappa shape index (κ2) is 7.74. The Labute approximate surface area is 126 Å². The molecule has 9 heteroatoms. The normalized spacial score (nSPS) is 27.5. The molecule has 1 saturated heterocycles. The van der Waals surface area contributed by atoms with Gasteiger partial charge >= 0.3 is 23.9 Å². The molecular formula is C13H18O9. The van der Waals surface area contributed by atoms with Crippen LogP contribution in [0.3, 0.4) is 0 Å². The summed E-state index contributed by atoms with van der Waals surface area (Å²) in [5, 5.41) is 0. The monoisotopic (exact) mass is 318 g/mol. The van der Waals surface area contributed by atoms with Crippen molar-refractivity contribution in [2.45, 2.75) is 45.2 Å². The molecule has 124 valence electrons. The fraction of sp³-hybridized carbons (Fsp3) is 0.692. The van der Waals surface area contributed by atoms with E-state index in [2.05, 4.69) is 4.74 Å². The van der Waals surface area contributed by atoms with Gasteiger partial charge in [-0.1, -0.05) is 0 Å². The number of esters is 4. The molecule has 0 radical (unpaired) electrons. The maximum absolute atomic E-state index is 11.7. The Bertz CT molecular complexity index is 458. The maximum atomic E-state index is 11.7. The van der Waals surface area contributed by atoms with Crippen LogP contribution >= 0.6 is 0 Å². The first kappa shape index (κ1) is 17.9. The summed E-state index contributed by atoms with van der Waals surface area (Å²) in [7, 11) is 1.13. The van der Waals surface area contributed by atoms with E-state index in [4.69, 9.17) is 18.9 Å². The predicted molar refractivity (Wildman–Crippen MR) is 68.4 cm³/mol. The van der Waals surface area contributed by atoms with E-state index in [0.717, 1.165) is 27.9 Å². The summed E-state index contributed by atoms with van der Waals surface area (Å²) < 4.78 is 24.9. The summed E-state index contributed by atoms with van der Waals surface area (Å²) in [6.07, 6.45) is -4.76. The first-order valence-electron chi connectivity index (χ1n) is 6.47. The van der Waals surface area contributed by atoms with Crippen LogP contribution in [0.2, 0.25) is 0 Å². The molecule has 22 heavy (non-hydrogen) atoms. The van der Waals surface area contributed by atoms with Crippen LogP contribution in [0.4, 0.5) is 0 Å². The third-order valence-corrected chi connectivity index (χ3v) is 2.78. The smallest absolute Gasteiger partial charge is 0.339 e. The zero-order valence-electron chi connectivity index (χ0n) is 12.7. The van der Waals surface area contributed by atoms with Crippen molar-refractivity contribution >= 4 is 23.9 Å². The van der Waals surface area contributed by atoms with Crippen LogP contribution in [-0.4, -0.2) is 62.0 Å². The average Bonchev–Trinajstić information content (AvgIpc) is 2.40. The van der Waals surface area contributed by atoms with Gasteiger partial charge in [0.05, 0.1) is 13.7 Å². The van der Waals surface area contributed by atoms with Gasteiger partial charge in [0.25, 0.3) is 0 Å². The van der Waals surface area contributed by atoms with E-state index < -0.39 is 48.3 Å². The van der Waals surface area contributed by atoms with E-state index in [-0.39, 0.29) is 6.61 Å². The Morgan fingerprint density at radius 2 is 1.36 bits per heavy atom. The molecule has 9 nitrogen and oxygen atoms in total. The van der Waals surface area contributed by atoms with Gasteiger partial charge in [-0.15, -0.1) is 0 Å². The summed E-state index contributed by atoms with van der Waals surface area (Å²) in [5.41, 5.74) is 0. The van der Waals surface area contributed by atoms with Gasteiger partial charge in [0.2, 0.25) is 0 Å². The molecular weight excluding hydrogens is 300 g/mol. The molecule has 4 atom stereocenters. The topological polar surface area (TPSA) is 114 Å². The van der Waals surface area contributed by atoms with Crippen LogP contribution in [0, 0.1) is 0 Å². The lowest BCUT2D eigenvalue weighted by atomic mass is 9.99. The van der Waals surface area contributed by atoms with Gasteiger partial charge in [-0.05, 0) is 0 Å². The van der Waals surface area contributed by atoms with Crippen molar-refractivity contribution in [3.05, 3.63) is 0 Å². The van der Waals surface area contributed by atoms with Gasteiger partial charge in [0.1, 0.15) is 0 Å². The van der Waals surface area contributed by atoms with E-state index in [1.807, 2.05) is 0 Å². The quantitative estimate of drug-likeness (QED) is 0.492. The molecule has 0 spiro atoms. The van der Waals surface area contributed by atoms with Gasteiger partial charge in [-0.25, -0.2) is 4.79 Å². The lowest BCUT2D eigenvalue weighted by Gasteiger charge is -2.39. The van der Waals surface area contributed by atoms with Crippen molar-refractivity contribution < 1.29 is 42.9 Å². The molecule has 0 unspecified atom stereocenters. The first-order chi connectivity index (χ1) is 10.3. The lowest BCUT2D eigenvalue weighted by Crippen LogP contribution is -2.59. The molecule has 0 bridgehead atoms. The molecule has 1 heterocycles. The Hall–Kier alpha value is -2.16. The molecule has 1 aliphatic rings. The number of hydrogen-bond acceptors (Lipinski definition) is 9. The minimum atomic E-state index is -1.29. The first-order valence-corrected chi connectivity index (χ1v) is 6.47. The van der Waals surface area contributed by atoms with E-state index in [1.165, 1.54) is 0 Å². The number of carbonyl (C=O) groups excluding carboxylic acids is 4. The SMILES string of the molecule is COC(=O)[C@@H]1OC[C@@H](OC(C)=O)[C@H](OC(C)=O)[C@@H]1OC(C)=O. The van der Waals surface area contributed by atoms with Crippen molar-refractivity contribution in [3.8, 4) is 0 Å². The standard InChI is InChI=1S/C13H18O9/c1-6(14)20-9-5-19-12(13(17)18-4)11(22-8(3)16)10(9)21-7(2)15/h9-12H,5H2,1-4H3/t9-,10+,11+,12-/m1/s1. The van der Waals surface area contributed by atoms with E-state index in [1.54, 1.807) is 0 Å². The molecule has 0 aromatic rings. The fourth-order valence-corrected chi connectivity index (χ4v) is 2.06. The van der Waals surface area contributed by atoms with Crippen molar-refractivity contribution in [2.75, 3.05) is 13.7 Å². The summed E-state index contributed by atoms with van der Waals surface area (Å²) in [5.74, 6) is -2.85. The number of methoxy groups -OCH3 is 1. The zero-order valence-corrected chi connectivity index (χ0v) is 12.7. The zero-order chi connectivity index (χ0) is 16.9. The summed E-state index contributed by atoms with van der Waals surface area (Å²) in [6, 6.07) is 0. The predicted octanol–water partition coefficient (Wildman–Crippen LogP) is -0.647. The lowest BCUT2D eigenvalue weighted by molar-refractivity contribution is -0.229. The highest BCUT2D eigenvalue weighted by Crippen LogP contribution is 2.25. The summed E-state index contributed by atoms with van der Waals surface area (Å²) >= 11 is 0. The van der Waals surface area contributed by atoms with Crippen molar-refractivity contribution in [1.29, 1.82) is 0 Å². The average molecular weight is 318 g/mol. The highest BCUT2D eigenvalue weighted by Gasteiger charge is 2.50. The Balaban J connectivity index is 3.09. The Kier molecular flexibility index (Phi) is 6.29. The van der Waals surface area contributed by atoms with Crippen LogP contribution in [0.15, 0.2) is 0 Å². The third-order valence-electron chi connectivity index (χ3n) is 2.78. The molecule has 0 amide bonds. The van der Waals surface area contributed by atoms with Crippen LogP contribution in [-0.2, 0) is 42.9 Å². The van der Waals surface area contributed by atoms with Gasteiger partial charge < -0.3 is 23.7 Å². The molecule has 0 aromatic carbocycles. The largest absolute Gasteiger partial charge is 0.467 e. The fourth-order valence-electron chi connectivity index (χ4n) is 2.06. The van der Waals surface area contributed by atoms with Gasteiger partial charge in [0, 0.05) is 20.8 Å². The number of rotatable bonds is 4. The molecule has 0 aromatic heterocycles. The molecule has 1 aliphatic heterocycles. The highest BCUT2D eigenvalue weighted by molar-refractivity contribution is 5.77. The van der Waals surface area contributed by atoms with Crippen molar-refractivity contribution in [3.63, 3.8) is 0 Å². The Morgan fingerprint density at radius 1 is 0.864 bits per heavy atom. The van der Waals surface area contributed by atoms with Crippen LogP contribution < -0.4 is 0 Å². The van der Waals surface area contributed by atoms with Crippen LogP contribution in [0.5, 0.6) is 0 Å². The van der Waals surface area contributed by atoms with Gasteiger partial charge in [-0.2, -0.15) is 0 Å². The maximum Gasteiger partial charge on any atom is 0.339 e. The third kappa shape index (κ3) is 4.69. The van der Waals surface area contributed by atoms with Crippen LogP contribution in [0.1, 0.15) is 20.8 Å². The number of carbonyl (C=O) groups is 4. The van der Waals surface area contributed by atoms with Gasteiger partial charge in [0.15, 0.2) is 24.4 Å². The number of ether oxygens (including phenoxy) is 5. The van der Waals surface area contributed by atoms with Crippen molar-refractivity contribution in [2.24, 2.45) is 0 Å². The highest BCUT2D eigenvalue weighted by atomic mass is 16.7. The molecule has 1 fully saturated rings. The molecule has 0 aliphatic carbocycles. The molecule has 1 rings (SSSR count). The van der Waals surface area contributed by atoms with Gasteiger partial charge in [-0.3, -0.25) is 14.4 Å². The van der Waals surface area contributed by atoms with E-state index in [0.29, 0.717) is 0 Å². The minimum absolute atomic E-state index is 0.213. The summed E-state index contributed by atoms with van der Waals surface area (Å²) in [6.45, 7) is 3.21. The summed E-state index contributed by atoms with van der Waals surface area (Å²) in [4.78, 5) is 45.4. The van der Waals surface area contributed by atoms with E-state index in [9.17, 15) is 19.2 Å². The Morgan fingerprint density at radius 3 is 1.82 bits per heavy atom. The molecule has 0 saturated carbocycles.